The van der Waals surface area contributed by atoms with E-state index in [9.17, 15) is 0 Å². The van der Waals surface area contributed by atoms with E-state index in [1.54, 1.807) is 0 Å². The first-order valence-electron chi connectivity index (χ1n) is 7.70. The van der Waals surface area contributed by atoms with Crippen LogP contribution in [0.2, 0.25) is 0 Å². The lowest BCUT2D eigenvalue weighted by Gasteiger charge is -2.44. The van der Waals surface area contributed by atoms with Gasteiger partial charge in [0.15, 0.2) is 0 Å². The molecule has 0 aromatic rings. The number of likely N-dealkylation sites (tertiary alicyclic amines) is 1. The maximum atomic E-state index is 6.37. The third-order valence-corrected chi connectivity index (χ3v) is 4.83. The van der Waals surface area contributed by atoms with Crippen LogP contribution < -0.4 is 5.73 Å². The molecule has 2 rings (SSSR count). The van der Waals surface area contributed by atoms with Crippen molar-refractivity contribution in [1.82, 2.24) is 4.90 Å². The van der Waals surface area contributed by atoms with E-state index < -0.39 is 0 Å². The highest BCUT2D eigenvalue weighted by Gasteiger charge is 2.33. The molecule has 1 aliphatic heterocycles. The van der Waals surface area contributed by atoms with Crippen molar-refractivity contribution in [2.24, 2.45) is 17.6 Å². The smallest absolute Gasteiger partial charge is 0.0249 e. The lowest BCUT2D eigenvalue weighted by atomic mass is 9.79. The van der Waals surface area contributed by atoms with Crippen LogP contribution in [0.25, 0.3) is 0 Å². The van der Waals surface area contributed by atoms with Crippen LogP contribution in [0.15, 0.2) is 0 Å². The molecule has 2 heteroatoms. The Morgan fingerprint density at radius 2 is 2.06 bits per heavy atom. The van der Waals surface area contributed by atoms with Gasteiger partial charge < -0.3 is 5.73 Å². The van der Waals surface area contributed by atoms with Gasteiger partial charge in [-0.1, -0.05) is 26.7 Å². The fourth-order valence-corrected chi connectivity index (χ4v) is 3.87. The minimum Gasteiger partial charge on any atom is -0.326 e. The van der Waals surface area contributed by atoms with Gasteiger partial charge in [-0.05, 0) is 50.5 Å². The molecule has 0 spiro atoms. The Morgan fingerprint density at radius 3 is 2.76 bits per heavy atom. The standard InChI is InChI=1S/C15H30N2/c1-3-5-13-7-8-14(16)15(10-13)17-9-4-6-12(2)11-17/h12-15H,3-11,16H2,1-2H3. The summed E-state index contributed by atoms with van der Waals surface area (Å²) in [6.45, 7) is 7.29. The van der Waals surface area contributed by atoms with Gasteiger partial charge in [-0.3, -0.25) is 4.90 Å². The van der Waals surface area contributed by atoms with Crippen LogP contribution in [-0.2, 0) is 0 Å². The number of nitrogens with zero attached hydrogens (tertiary/aromatic N) is 1. The highest BCUT2D eigenvalue weighted by Crippen LogP contribution is 2.32. The normalized spacial score (nSPS) is 40.4. The molecule has 2 nitrogen and oxygen atoms in total. The largest absolute Gasteiger partial charge is 0.326 e. The van der Waals surface area contributed by atoms with Crippen LogP contribution in [0.3, 0.4) is 0 Å². The van der Waals surface area contributed by atoms with Crippen molar-refractivity contribution >= 4 is 0 Å². The summed E-state index contributed by atoms with van der Waals surface area (Å²) in [6.07, 6.45) is 9.52. The SMILES string of the molecule is CCCC1CCC(N)C(N2CCCC(C)C2)C1. The van der Waals surface area contributed by atoms with Crippen molar-refractivity contribution in [3.05, 3.63) is 0 Å². The molecule has 4 atom stereocenters. The van der Waals surface area contributed by atoms with Crippen LogP contribution in [0.5, 0.6) is 0 Å². The van der Waals surface area contributed by atoms with Gasteiger partial charge in [-0.2, -0.15) is 0 Å². The molecule has 1 saturated heterocycles. The quantitative estimate of drug-likeness (QED) is 0.819. The van der Waals surface area contributed by atoms with Gasteiger partial charge in [0.25, 0.3) is 0 Å². The lowest BCUT2D eigenvalue weighted by molar-refractivity contribution is 0.0714. The molecule has 100 valence electrons. The van der Waals surface area contributed by atoms with Crippen LogP contribution in [-0.4, -0.2) is 30.1 Å². The molecule has 0 aromatic heterocycles. The van der Waals surface area contributed by atoms with E-state index in [2.05, 4.69) is 18.7 Å². The highest BCUT2D eigenvalue weighted by atomic mass is 15.2. The number of nitrogens with two attached hydrogens (primary N) is 1. The zero-order valence-corrected chi connectivity index (χ0v) is 11.7. The minimum absolute atomic E-state index is 0.438. The molecule has 17 heavy (non-hydrogen) atoms. The molecular weight excluding hydrogens is 208 g/mol. The molecule has 2 N–H and O–H groups in total. The first kappa shape index (κ1) is 13.4. The predicted octanol–water partition coefficient (Wildman–Crippen LogP) is 3.01. The van der Waals surface area contributed by atoms with E-state index in [1.807, 2.05) is 0 Å². The van der Waals surface area contributed by atoms with Gasteiger partial charge in [-0.25, -0.2) is 0 Å². The number of rotatable bonds is 3. The van der Waals surface area contributed by atoms with E-state index in [0.29, 0.717) is 12.1 Å². The molecule has 0 bridgehead atoms. The topological polar surface area (TPSA) is 29.3 Å². The van der Waals surface area contributed by atoms with E-state index >= 15 is 0 Å². The predicted molar refractivity (Wildman–Crippen MR) is 74.0 cm³/mol. The van der Waals surface area contributed by atoms with Crippen molar-refractivity contribution in [2.75, 3.05) is 13.1 Å². The number of piperidine rings is 1. The Hall–Kier alpha value is -0.0800. The zero-order valence-electron chi connectivity index (χ0n) is 11.7. The van der Waals surface area contributed by atoms with Gasteiger partial charge >= 0.3 is 0 Å². The molecule has 0 amide bonds. The van der Waals surface area contributed by atoms with Gasteiger partial charge in [0.05, 0.1) is 0 Å². The number of hydrogen-bond donors (Lipinski definition) is 1. The second kappa shape index (κ2) is 6.19. The highest BCUT2D eigenvalue weighted by molar-refractivity contribution is 4.90. The monoisotopic (exact) mass is 238 g/mol. The fourth-order valence-electron chi connectivity index (χ4n) is 3.87. The Morgan fingerprint density at radius 1 is 1.24 bits per heavy atom. The van der Waals surface area contributed by atoms with E-state index in [-0.39, 0.29) is 0 Å². The lowest BCUT2D eigenvalue weighted by Crippen LogP contribution is -2.53. The van der Waals surface area contributed by atoms with Crippen LogP contribution in [0.1, 0.15) is 58.8 Å². The summed E-state index contributed by atoms with van der Waals surface area (Å²) in [7, 11) is 0. The molecule has 1 saturated carbocycles. The minimum atomic E-state index is 0.438. The van der Waals surface area contributed by atoms with E-state index in [0.717, 1.165) is 11.8 Å². The zero-order chi connectivity index (χ0) is 12.3. The van der Waals surface area contributed by atoms with Gasteiger partial charge in [0, 0.05) is 18.6 Å². The number of hydrogen-bond acceptors (Lipinski definition) is 2. The molecule has 2 fully saturated rings. The summed E-state index contributed by atoms with van der Waals surface area (Å²) in [5, 5.41) is 0. The molecule has 1 heterocycles. The summed E-state index contributed by atoms with van der Waals surface area (Å²) in [5.41, 5.74) is 6.37. The van der Waals surface area contributed by atoms with Crippen LogP contribution in [0, 0.1) is 11.8 Å². The summed E-state index contributed by atoms with van der Waals surface area (Å²) >= 11 is 0. The maximum absolute atomic E-state index is 6.37. The average Bonchev–Trinajstić information content (AvgIpc) is 2.32. The third kappa shape index (κ3) is 3.45. The Balaban J connectivity index is 1.92. The first-order chi connectivity index (χ1) is 8.20. The maximum Gasteiger partial charge on any atom is 0.0249 e. The second-order valence-corrected chi connectivity index (χ2v) is 6.44. The van der Waals surface area contributed by atoms with Crippen LogP contribution >= 0.6 is 0 Å². The van der Waals surface area contributed by atoms with Gasteiger partial charge in [-0.15, -0.1) is 0 Å². The summed E-state index contributed by atoms with van der Waals surface area (Å²) in [5.74, 6) is 1.82. The van der Waals surface area contributed by atoms with E-state index in [4.69, 9.17) is 5.73 Å². The molecule has 4 unspecified atom stereocenters. The average molecular weight is 238 g/mol. The second-order valence-electron chi connectivity index (χ2n) is 6.44. The fraction of sp³-hybridized carbons (Fsp3) is 1.00. The molecular formula is C15H30N2. The Labute approximate surface area is 107 Å². The van der Waals surface area contributed by atoms with Crippen molar-refractivity contribution < 1.29 is 0 Å². The van der Waals surface area contributed by atoms with Gasteiger partial charge in [0.2, 0.25) is 0 Å². The molecule has 0 radical (unpaired) electrons. The molecule has 2 aliphatic rings. The Bertz CT molecular complexity index is 229. The van der Waals surface area contributed by atoms with Crippen molar-refractivity contribution in [2.45, 2.75) is 70.9 Å². The van der Waals surface area contributed by atoms with Crippen LogP contribution in [0.4, 0.5) is 0 Å². The summed E-state index contributed by atoms with van der Waals surface area (Å²) < 4.78 is 0. The van der Waals surface area contributed by atoms with E-state index in [1.165, 1.54) is 58.0 Å². The molecule has 1 aliphatic carbocycles. The molecule has 0 aromatic carbocycles. The summed E-state index contributed by atoms with van der Waals surface area (Å²) in [4.78, 5) is 2.71. The third-order valence-electron chi connectivity index (χ3n) is 4.83. The summed E-state index contributed by atoms with van der Waals surface area (Å²) in [6, 6.07) is 1.12. The van der Waals surface area contributed by atoms with Crippen molar-refractivity contribution in [1.29, 1.82) is 0 Å². The van der Waals surface area contributed by atoms with Gasteiger partial charge in [0.1, 0.15) is 0 Å². The van der Waals surface area contributed by atoms with Crippen molar-refractivity contribution in [3.63, 3.8) is 0 Å². The Kier molecular flexibility index (Phi) is 4.87. The first-order valence-corrected chi connectivity index (χ1v) is 7.70. The van der Waals surface area contributed by atoms with Crippen molar-refractivity contribution in [3.8, 4) is 0 Å².